The van der Waals surface area contributed by atoms with Crippen LogP contribution in [0.25, 0.3) is 11.1 Å². The topological polar surface area (TPSA) is 44.1 Å². The Hall–Kier alpha value is -2.88. The Balaban J connectivity index is 1.40. The van der Waals surface area contributed by atoms with E-state index in [-0.39, 0.29) is 17.8 Å². The fourth-order valence-electron chi connectivity index (χ4n) is 2.99. The van der Waals surface area contributed by atoms with Crippen molar-refractivity contribution in [1.82, 2.24) is 9.78 Å². The number of esters is 1. The summed E-state index contributed by atoms with van der Waals surface area (Å²) >= 11 is 0. The molecule has 1 aromatic heterocycles. The normalized spacial score (nSPS) is 19.0. The molecule has 1 aliphatic carbocycles. The maximum absolute atomic E-state index is 12.3. The predicted molar refractivity (Wildman–Crippen MR) is 91.6 cm³/mol. The molecule has 4 heteroatoms. The highest BCUT2D eigenvalue weighted by Crippen LogP contribution is 2.48. The number of nitrogens with zero attached hydrogens (tertiary/aromatic N) is 2. The Bertz CT molecular complexity index is 853. The van der Waals surface area contributed by atoms with E-state index in [0.717, 1.165) is 23.1 Å². The lowest BCUT2D eigenvalue weighted by Gasteiger charge is -2.06. The van der Waals surface area contributed by atoms with Crippen LogP contribution in [0.3, 0.4) is 0 Å². The third-order valence-corrected chi connectivity index (χ3v) is 4.43. The van der Waals surface area contributed by atoms with Crippen molar-refractivity contribution in [1.29, 1.82) is 0 Å². The predicted octanol–water partition coefficient (Wildman–Crippen LogP) is 3.80. The SMILES string of the molecule is Cn1cc([C@@H]2C[C@@H]2C(=O)Oc2ccc(-c3ccccc3)cc2)cn1. The van der Waals surface area contributed by atoms with E-state index >= 15 is 0 Å². The van der Waals surface area contributed by atoms with Gasteiger partial charge in [-0.05, 0) is 35.2 Å². The summed E-state index contributed by atoms with van der Waals surface area (Å²) in [5.74, 6) is 0.630. The molecule has 0 radical (unpaired) electrons. The van der Waals surface area contributed by atoms with Crippen LogP contribution < -0.4 is 4.74 Å². The highest BCUT2D eigenvalue weighted by molar-refractivity contribution is 5.79. The van der Waals surface area contributed by atoms with Crippen LogP contribution in [0, 0.1) is 5.92 Å². The van der Waals surface area contributed by atoms with Crippen molar-refractivity contribution in [2.45, 2.75) is 12.3 Å². The van der Waals surface area contributed by atoms with Gasteiger partial charge in [-0.25, -0.2) is 0 Å². The molecule has 0 bridgehead atoms. The number of carbonyl (C=O) groups is 1. The molecule has 24 heavy (non-hydrogen) atoms. The summed E-state index contributed by atoms with van der Waals surface area (Å²) in [4.78, 5) is 12.3. The van der Waals surface area contributed by atoms with Gasteiger partial charge in [0, 0.05) is 19.2 Å². The molecule has 0 aliphatic heterocycles. The zero-order valence-electron chi connectivity index (χ0n) is 13.4. The molecule has 0 N–H and O–H groups in total. The Morgan fingerprint density at radius 1 is 1.08 bits per heavy atom. The lowest BCUT2D eigenvalue weighted by Crippen LogP contribution is -2.11. The zero-order chi connectivity index (χ0) is 16.5. The van der Waals surface area contributed by atoms with Crippen LogP contribution >= 0.6 is 0 Å². The Morgan fingerprint density at radius 2 is 1.79 bits per heavy atom. The second kappa shape index (κ2) is 5.96. The summed E-state index contributed by atoms with van der Waals surface area (Å²) in [5.41, 5.74) is 3.36. The summed E-state index contributed by atoms with van der Waals surface area (Å²) in [6.07, 6.45) is 4.63. The van der Waals surface area contributed by atoms with Gasteiger partial charge in [-0.15, -0.1) is 0 Å². The van der Waals surface area contributed by atoms with Gasteiger partial charge in [-0.2, -0.15) is 5.10 Å². The van der Waals surface area contributed by atoms with Crippen molar-refractivity contribution in [2.24, 2.45) is 13.0 Å². The summed E-state index contributed by atoms with van der Waals surface area (Å²) in [5, 5.41) is 4.16. The van der Waals surface area contributed by atoms with E-state index in [2.05, 4.69) is 17.2 Å². The molecule has 1 aliphatic rings. The highest BCUT2D eigenvalue weighted by atomic mass is 16.5. The highest BCUT2D eigenvalue weighted by Gasteiger charge is 2.46. The maximum Gasteiger partial charge on any atom is 0.314 e. The molecule has 1 fully saturated rings. The van der Waals surface area contributed by atoms with Crippen molar-refractivity contribution in [3.63, 3.8) is 0 Å². The first-order valence-corrected chi connectivity index (χ1v) is 8.06. The van der Waals surface area contributed by atoms with E-state index in [1.165, 1.54) is 0 Å². The fraction of sp³-hybridized carbons (Fsp3) is 0.200. The van der Waals surface area contributed by atoms with E-state index in [4.69, 9.17) is 4.74 Å². The standard InChI is InChI=1S/C20H18N2O2/c1-22-13-16(12-21-22)18-11-19(18)20(23)24-17-9-7-15(8-10-17)14-5-3-2-4-6-14/h2-10,12-13,18-19H,11H2,1H3/t18-,19-/m0/s1. The van der Waals surface area contributed by atoms with Crippen molar-refractivity contribution in [3.05, 3.63) is 72.6 Å². The zero-order valence-corrected chi connectivity index (χ0v) is 13.4. The van der Waals surface area contributed by atoms with Crippen molar-refractivity contribution in [2.75, 3.05) is 0 Å². The van der Waals surface area contributed by atoms with Gasteiger partial charge in [0.1, 0.15) is 5.75 Å². The van der Waals surface area contributed by atoms with Crippen molar-refractivity contribution in [3.8, 4) is 16.9 Å². The van der Waals surface area contributed by atoms with Gasteiger partial charge < -0.3 is 4.74 Å². The van der Waals surface area contributed by atoms with Crippen molar-refractivity contribution >= 4 is 5.97 Å². The van der Waals surface area contributed by atoms with Crippen LogP contribution in [0.15, 0.2) is 67.0 Å². The molecule has 3 aromatic rings. The molecule has 4 rings (SSSR count). The molecule has 1 heterocycles. The van der Waals surface area contributed by atoms with E-state index < -0.39 is 0 Å². The van der Waals surface area contributed by atoms with E-state index in [0.29, 0.717) is 5.75 Å². The van der Waals surface area contributed by atoms with Crippen LogP contribution in [-0.4, -0.2) is 15.7 Å². The van der Waals surface area contributed by atoms with Gasteiger partial charge in [0.05, 0.1) is 12.1 Å². The lowest BCUT2D eigenvalue weighted by atomic mass is 10.1. The van der Waals surface area contributed by atoms with Gasteiger partial charge in [-0.3, -0.25) is 9.48 Å². The molecular weight excluding hydrogens is 300 g/mol. The summed E-state index contributed by atoms with van der Waals surface area (Å²) < 4.78 is 7.28. The first-order valence-electron chi connectivity index (χ1n) is 8.06. The van der Waals surface area contributed by atoms with E-state index in [1.807, 2.05) is 61.9 Å². The van der Waals surface area contributed by atoms with Gasteiger partial charge in [0.2, 0.25) is 0 Å². The molecule has 0 amide bonds. The molecule has 120 valence electrons. The minimum atomic E-state index is -0.156. The van der Waals surface area contributed by atoms with Crippen molar-refractivity contribution < 1.29 is 9.53 Å². The molecule has 2 atom stereocenters. The fourth-order valence-corrected chi connectivity index (χ4v) is 2.99. The average Bonchev–Trinajstić information content (AvgIpc) is 3.31. The van der Waals surface area contributed by atoms with Crippen LogP contribution in [0.1, 0.15) is 17.9 Å². The summed E-state index contributed by atoms with van der Waals surface area (Å²) in [7, 11) is 1.88. The molecule has 0 saturated heterocycles. The molecule has 1 saturated carbocycles. The second-order valence-electron chi connectivity index (χ2n) is 6.21. The summed E-state index contributed by atoms with van der Waals surface area (Å²) in [6, 6.07) is 17.8. The van der Waals surface area contributed by atoms with E-state index in [9.17, 15) is 4.79 Å². The third-order valence-electron chi connectivity index (χ3n) is 4.43. The maximum atomic E-state index is 12.3. The second-order valence-corrected chi connectivity index (χ2v) is 6.21. The number of hydrogen-bond acceptors (Lipinski definition) is 3. The monoisotopic (exact) mass is 318 g/mol. The van der Waals surface area contributed by atoms with Crippen LogP contribution in [0.5, 0.6) is 5.75 Å². The Morgan fingerprint density at radius 3 is 2.46 bits per heavy atom. The molecule has 2 aromatic carbocycles. The quantitative estimate of drug-likeness (QED) is 0.543. The van der Waals surface area contributed by atoms with E-state index in [1.54, 1.807) is 4.68 Å². The first-order chi connectivity index (χ1) is 11.7. The Kier molecular flexibility index (Phi) is 3.65. The number of benzene rings is 2. The van der Waals surface area contributed by atoms with Crippen LogP contribution in [-0.2, 0) is 11.8 Å². The number of ether oxygens (including phenoxy) is 1. The smallest absolute Gasteiger partial charge is 0.314 e. The molecule has 4 nitrogen and oxygen atoms in total. The van der Waals surface area contributed by atoms with Gasteiger partial charge in [-0.1, -0.05) is 42.5 Å². The van der Waals surface area contributed by atoms with Crippen LogP contribution in [0.2, 0.25) is 0 Å². The molecular formula is C20H18N2O2. The van der Waals surface area contributed by atoms with Gasteiger partial charge >= 0.3 is 5.97 Å². The number of aromatic nitrogens is 2. The summed E-state index contributed by atoms with van der Waals surface area (Å²) in [6.45, 7) is 0. The minimum Gasteiger partial charge on any atom is -0.426 e. The number of aryl methyl sites for hydroxylation is 1. The third kappa shape index (κ3) is 2.95. The number of carbonyl (C=O) groups excluding carboxylic acids is 1. The van der Waals surface area contributed by atoms with Gasteiger partial charge in [0.15, 0.2) is 0 Å². The Labute approximate surface area is 140 Å². The number of rotatable bonds is 4. The first kappa shape index (κ1) is 14.7. The minimum absolute atomic E-state index is 0.0528. The lowest BCUT2D eigenvalue weighted by molar-refractivity contribution is -0.135. The average molecular weight is 318 g/mol. The van der Waals surface area contributed by atoms with Gasteiger partial charge in [0.25, 0.3) is 0 Å². The molecule has 0 unspecified atom stereocenters. The molecule has 0 spiro atoms. The number of hydrogen-bond donors (Lipinski definition) is 0. The van der Waals surface area contributed by atoms with Crippen LogP contribution in [0.4, 0.5) is 0 Å². The largest absolute Gasteiger partial charge is 0.426 e.